The van der Waals surface area contributed by atoms with E-state index in [0.717, 1.165) is 57.8 Å². The van der Waals surface area contributed by atoms with E-state index < -0.39 is 11.6 Å². The number of likely N-dealkylation sites (tertiary alicyclic amines) is 1. The van der Waals surface area contributed by atoms with E-state index in [2.05, 4.69) is 34.5 Å². The van der Waals surface area contributed by atoms with Gasteiger partial charge >= 0.3 is 0 Å². The Bertz CT molecular complexity index is 987. The number of nitrogens with zero attached hydrogens (tertiary/aromatic N) is 3. The molecule has 5 rings (SSSR count). The molecule has 0 aliphatic carbocycles. The molecule has 0 spiro atoms. The summed E-state index contributed by atoms with van der Waals surface area (Å²) in [6.07, 6.45) is 2.82. The number of aromatic nitrogens is 2. The molecule has 2 aliphatic rings. The molecule has 0 radical (unpaired) electrons. The molecule has 2 saturated heterocycles. The fourth-order valence-corrected chi connectivity index (χ4v) is 4.85. The van der Waals surface area contributed by atoms with Crippen LogP contribution in [0.2, 0.25) is 0 Å². The molecular weight excluding hydrogens is 370 g/mol. The number of hydrogen-bond acceptors (Lipinski definition) is 3. The van der Waals surface area contributed by atoms with E-state index in [0.29, 0.717) is 11.0 Å². The van der Waals surface area contributed by atoms with E-state index in [9.17, 15) is 8.78 Å². The Balaban J connectivity index is 1.43. The summed E-state index contributed by atoms with van der Waals surface area (Å²) >= 11 is 0. The number of fused-ring (bicyclic) bond motifs is 1. The minimum atomic E-state index is -0.795. The SMILES string of the molecule is Fc1ccc2nc(C3CCNC3)n(C3CCN(Cc4ccccc4)CC3)c2c1F. The fourth-order valence-electron chi connectivity index (χ4n) is 4.85. The molecule has 2 aromatic carbocycles. The van der Waals surface area contributed by atoms with Crippen molar-refractivity contribution in [3.8, 4) is 0 Å². The van der Waals surface area contributed by atoms with Gasteiger partial charge in [0.15, 0.2) is 11.6 Å². The first-order chi connectivity index (χ1) is 14.2. The number of rotatable bonds is 4. The van der Waals surface area contributed by atoms with Crippen molar-refractivity contribution in [3.05, 3.63) is 65.5 Å². The van der Waals surface area contributed by atoms with Crippen LogP contribution in [0.25, 0.3) is 11.0 Å². The predicted octanol–water partition coefficient (Wildman–Crippen LogP) is 4.23. The molecule has 3 aromatic rings. The molecule has 0 saturated carbocycles. The van der Waals surface area contributed by atoms with Crippen molar-refractivity contribution in [2.75, 3.05) is 26.2 Å². The zero-order chi connectivity index (χ0) is 19.8. The normalized spacial score (nSPS) is 21.2. The smallest absolute Gasteiger partial charge is 0.184 e. The first-order valence-electron chi connectivity index (χ1n) is 10.5. The highest BCUT2D eigenvalue weighted by Crippen LogP contribution is 2.35. The van der Waals surface area contributed by atoms with E-state index in [1.54, 1.807) is 6.07 Å². The van der Waals surface area contributed by atoms with Gasteiger partial charge in [0.25, 0.3) is 0 Å². The minimum absolute atomic E-state index is 0.152. The van der Waals surface area contributed by atoms with Crippen LogP contribution in [0.4, 0.5) is 8.78 Å². The zero-order valence-corrected chi connectivity index (χ0v) is 16.5. The van der Waals surface area contributed by atoms with Gasteiger partial charge in [-0.25, -0.2) is 13.8 Å². The maximum atomic E-state index is 14.8. The minimum Gasteiger partial charge on any atom is -0.322 e. The summed E-state index contributed by atoms with van der Waals surface area (Å²) < 4.78 is 30.9. The van der Waals surface area contributed by atoms with E-state index in [4.69, 9.17) is 4.98 Å². The number of hydrogen-bond donors (Lipinski definition) is 1. The molecular formula is C23H26F2N4. The highest BCUT2D eigenvalue weighted by molar-refractivity contribution is 5.77. The second kappa shape index (κ2) is 7.84. The van der Waals surface area contributed by atoms with Gasteiger partial charge in [-0.2, -0.15) is 0 Å². The van der Waals surface area contributed by atoms with E-state index in [1.807, 2.05) is 10.6 Å². The largest absolute Gasteiger partial charge is 0.322 e. The van der Waals surface area contributed by atoms with Crippen molar-refractivity contribution in [3.63, 3.8) is 0 Å². The summed E-state index contributed by atoms with van der Waals surface area (Å²) in [5, 5.41) is 3.38. The molecule has 6 heteroatoms. The molecule has 0 bridgehead atoms. The molecule has 1 aromatic heterocycles. The van der Waals surface area contributed by atoms with Crippen molar-refractivity contribution >= 4 is 11.0 Å². The van der Waals surface area contributed by atoms with Crippen LogP contribution in [0.15, 0.2) is 42.5 Å². The highest BCUT2D eigenvalue weighted by Gasteiger charge is 2.31. The monoisotopic (exact) mass is 396 g/mol. The summed E-state index contributed by atoms with van der Waals surface area (Å²) in [4.78, 5) is 7.20. The Labute approximate surface area is 169 Å². The van der Waals surface area contributed by atoms with Crippen molar-refractivity contribution in [1.82, 2.24) is 19.8 Å². The molecule has 2 fully saturated rings. The third-order valence-electron chi connectivity index (χ3n) is 6.37. The summed E-state index contributed by atoms with van der Waals surface area (Å²) in [5.41, 5.74) is 2.22. The Kier molecular flexibility index (Phi) is 5.06. The van der Waals surface area contributed by atoms with E-state index >= 15 is 0 Å². The first-order valence-corrected chi connectivity index (χ1v) is 10.5. The van der Waals surface area contributed by atoms with Crippen molar-refractivity contribution < 1.29 is 8.78 Å². The van der Waals surface area contributed by atoms with E-state index in [-0.39, 0.29) is 12.0 Å². The third-order valence-corrected chi connectivity index (χ3v) is 6.37. The third kappa shape index (κ3) is 3.55. The molecule has 1 atom stereocenters. The van der Waals surface area contributed by atoms with E-state index in [1.165, 1.54) is 11.6 Å². The van der Waals surface area contributed by atoms with Crippen molar-refractivity contribution in [1.29, 1.82) is 0 Å². The van der Waals surface area contributed by atoms with Crippen LogP contribution in [0.5, 0.6) is 0 Å². The Morgan fingerprint density at radius 1 is 1.00 bits per heavy atom. The van der Waals surface area contributed by atoms with Crippen LogP contribution >= 0.6 is 0 Å². The maximum Gasteiger partial charge on any atom is 0.184 e. The van der Waals surface area contributed by atoms with Gasteiger partial charge in [-0.05, 0) is 43.5 Å². The summed E-state index contributed by atoms with van der Waals surface area (Å²) in [6, 6.07) is 13.4. The van der Waals surface area contributed by atoms with Gasteiger partial charge in [0.1, 0.15) is 11.3 Å². The molecule has 1 unspecified atom stereocenters. The number of benzene rings is 2. The molecule has 29 heavy (non-hydrogen) atoms. The number of imidazole rings is 1. The maximum absolute atomic E-state index is 14.8. The first kappa shape index (κ1) is 18.7. The van der Waals surface area contributed by atoms with Crippen molar-refractivity contribution in [2.24, 2.45) is 0 Å². The lowest BCUT2D eigenvalue weighted by molar-refractivity contribution is 0.179. The lowest BCUT2D eigenvalue weighted by Gasteiger charge is -2.34. The number of halogens is 2. The van der Waals surface area contributed by atoms with Crippen LogP contribution in [-0.4, -0.2) is 40.6 Å². The molecule has 3 heterocycles. The van der Waals surface area contributed by atoms with Crippen LogP contribution < -0.4 is 5.32 Å². The second-order valence-corrected chi connectivity index (χ2v) is 8.25. The van der Waals surface area contributed by atoms with Gasteiger partial charge in [0.05, 0.1) is 5.52 Å². The van der Waals surface area contributed by atoms with Gasteiger partial charge in [0, 0.05) is 38.1 Å². The fraction of sp³-hybridized carbons (Fsp3) is 0.435. The second-order valence-electron chi connectivity index (χ2n) is 8.25. The Hall–Kier alpha value is -2.31. The van der Waals surface area contributed by atoms with Crippen LogP contribution in [-0.2, 0) is 6.54 Å². The summed E-state index contributed by atoms with van der Waals surface area (Å²) in [5.74, 6) is -0.390. The quantitative estimate of drug-likeness (QED) is 0.717. The zero-order valence-electron chi connectivity index (χ0n) is 16.5. The average molecular weight is 396 g/mol. The van der Waals surface area contributed by atoms with Gasteiger partial charge in [-0.15, -0.1) is 0 Å². The van der Waals surface area contributed by atoms with Crippen LogP contribution in [0.1, 0.15) is 42.6 Å². The van der Waals surface area contributed by atoms with Crippen LogP contribution in [0.3, 0.4) is 0 Å². The standard InChI is InChI=1S/C23H26F2N4/c24-19-6-7-20-22(21(19)25)29(23(27-20)17-8-11-26-14-17)18-9-12-28(13-10-18)15-16-4-2-1-3-5-16/h1-7,17-18,26H,8-15H2. The molecule has 152 valence electrons. The lowest BCUT2D eigenvalue weighted by atomic mass is 10.0. The molecule has 2 aliphatic heterocycles. The average Bonchev–Trinajstić information content (AvgIpc) is 3.40. The number of piperidine rings is 1. The summed E-state index contributed by atoms with van der Waals surface area (Å²) in [6.45, 7) is 4.61. The topological polar surface area (TPSA) is 33.1 Å². The highest BCUT2D eigenvalue weighted by atomic mass is 19.2. The van der Waals surface area contributed by atoms with Gasteiger partial charge in [-0.3, -0.25) is 4.90 Å². The lowest BCUT2D eigenvalue weighted by Crippen LogP contribution is -2.35. The van der Waals surface area contributed by atoms with Gasteiger partial charge < -0.3 is 9.88 Å². The predicted molar refractivity (Wildman–Crippen MR) is 110 cm³/mol. The van der Waals surface area contributed by atoms with Gasteiger partial charge in [-0.1, -0.05) is 30.3 Å². The number of nitrogens with one attached hydrogen (secondary N) is 1. The molecule has 1 N–H and O–H groups in total. The van der Waals surface area contributed by atoms with Gasteiger partial charge in [0.2, 0.25) is 0 Å². The summed E-state index contributed by atoms with van der Waals surface area (Å²) in [7, 11) is 0. The Morgan fingerprint density at radius 2 is 1.79 bits per heavy atom. The van der Waals surface area contributed by atoms with Crippen LogP contribution in [0, 0.1) is 11.6 Å². The molecule has 4 nitrogen and oxygen atoms in total. The molecule has 0 amide bonds. The Morgan fingerprint density at radius 3 is 2.52 bits per heavy atom. The van der Waals surface area contributed by atoms with Crippen molar-refractivity contribution in [2.45, 2.75) is 37.8 Å².